The van der Waals surface area contributed by atoms with Gasteiger partial charge in [-0.3, -0.25) is 0 Å². The summed E-state index contributed by atoms with van der Waals surface area (Å²) in [5.74, 6) is 0. The Labute approximate surface area is 75.6 Å². The zero-order valence-corrected chi connectivity index (χ0v) is 7.58. The lowest BCUT2D eigenvalue weighted by atomic mass is 10.6. The summed E-state index contributed by atoms with van der Waals surface area (Å²) in [5, 5.41) is 29.9. The highest BCUT2D eigenvalue weighted by atomic mass is 16.8. The minimum Gasteiger partial charge on any atom is -0.748 e. The molecule has 0 saturated heterocycles. The maximum atomic E-state index is 10.4. The highest BCUT2D eigenvalue weighted by molar-refractivity contribution is 4.45. The molecule has 0 aromatic carbocycles. The Balaban J connectivity index is 4.11. The van der Waals surface area contributed by atoms with E-state index in [0.717, 1.165) is 10.0 Å². The number of nitrogens with zero attached hydrogens (tertiary/aromatic N) is 4. The van der Waals surface area contributed by atoms with Crippen LogP contribution in [-0.4, -0.2) is 45.4 Å². The quantitative estimate of drug-likeness (QED) is 0.357. The third-order valence-corrected chi connectivity index (χ3v) is 1.53. The normalized spacial score (nSPS) is 10.9. The lowest BCUT2D eigenvalue weighted by Crippen LogP contribution is -2.46. The van der Waals surface area contributed by atoms with Crippen LogP contribution >= 0.6 is 0 Å². The molecule has 0 radical (unpaired) electrons. The van der Waals surface area contributed by atoms with E-state index >= 15 is 0 Å². The summed E-state index contributed by atoms with van der Waals surface area (Å²) >= 11 is 0. The van der Waals surface area contributed by atoms with Gasteiger partial charge in [-0.2, -0.15) is 5.34 Å². The molecule has 0 aliphatic carbocycles. The van der Waals surface area contributed by atoms with Crippen molar-refractivity contribution < 1.29 is 10.2 Å². The molecule has 8 nitrogen and oxygen atoms in total. The number of rotatable bonds is 6. The smallest absolute Gasteiger partial charge is 0.161 e. The Morgan fingerprint density at radius 3 is 2.15 bits per heavy atom. The first-order valence-electron chi connectivity index (χ1n) is 3.83. The van der Waals surface area contributed by atoms with E-state index in [9.17, 15) is 15.3 Å². The average Bonchev–Trinajstić information content (AvgIpc) is 2.05. The summed E-state index contributed by atoms with van der Waals surface area (Å²) in [6.07, 6.45) is 0. The molecule has 0 heterocycles. The largest absolute Gasteiger partial charge is 0.748 e. The Bertz CT molecular complexity index is 165. The lowest BCUT2D eigenvalue weighted by molar-refractivity contribution is -0.661. The number of nitro groups is 1. The molecule has 0 aromatic rings. The van der Waals surface area contributed by atoms with Crippen molar-refractivity contribution in [2.45, 2.75) is 13.8 Å². The van der Waals surface area contributed by atoms with Crippen LogP contribution in [0, 0.1) is 15.3 Å². The minimum absolute atomic E-state index is 0.164. The molecule has 0 aliphatic heterocycles. The van der Waals surface area contributed by atoms with Crippen LogP contribution in [0.1, 0.15) is 13.8 Å². The molecule has 0 aliphatic rings. The van der Waals surface area contributed by atoms with Gasteiger partial charge in [0.25, 0.3) is 0 Å². The zero-order valence-electron chi connectivity index (χ0n) is 7.58. The molecule has 0 spiro atoms. The van der Waals surface area contributed by atoms with E-state index in [-0.39, 0.29) is 19.8 Å². The van der Waals surface area contributed by atoms with E-state index in [4.69, 9.17) is 5.21 Å². The van der Waals surface area contributed by atoms with E-state index in [1.54, 1.807) is 13.8 Å². The second-order valence-corrected chi connectivity index (χ2v) is 2.28. The Morgan fingerprint density at radius 1 is 1.38 bits per heavy atom. The van der Waals surface area contributed by atoms with Crippen LogP contribution in [0.5, 0.6) is 0 Å². The van der Waals surface area contributed by atoms with Gasteiger partial charge in [0.2, 0.25) is 0 Å². The van der Waals surface area contributed by atoms with Crippen molar-refractivity contribution in [2.24, 2.45) is 0 Å². The molecule has 8 heteroatoms. The third-order valence-electron chi connectivity index (χ3n) is 1.53. The molecule has 0 saturated carbocycles. The summed E-state index contributed by atoms with van der Waals surface area (Å²) < 4.78 is 0. The van der Waals surface area contributed by atoms with Gasteiger partial charge in [-0.05, 0) is 6.92 Å². The van der Waals surface area contributed by atoms with Gasteiger partial charge >= 0.3 is 0 Å². The van der Waals surface area contributed by atoms with Gasteiger partial charge in [-0.25, -0.2) is 15.1 Å². The summed E-state index contributed by atoms with van der Waals surface area (Å²) in [6.45, 7) is 3.32. The van der Waals surface area contributed by atoms with Gasteiger partial charge in [-0.1, -0.05) is 6.92 Å². The van der Waals surface area contributed by atoms with Crippen LogP contribution in [0.15, 0.2) is 0 Å². The molecule has 0 amide bonds. The molecule has 0 fully saturated rings. The van der Waals surface area contributed by atoms with Crippen molar-refractivity contribution in [3.8, 4) is 0 Å². The van der Waals surface area contributed by atoms with Crippen molar-refractivity contribution in [1.82, 2.24) is 15.4 Å². The van der Waals surface area contributed by atoms with Crippen LogP contribution in [0.3, 0.4) is 0 Å². The Kier molecular flexibility index (Phi) is 5.23. The molecule has 0 atom stereocenters. The van der Waals surface area contributed by atoms with E-state index in [0.29, 0.717) is 0 Å². The maximum absolute atomic E-state index is 10.4. The molecular weight excluding hydrogens is 180 g/mol. The highest BCUT2D eigenvalue weighted by Crippen LogP contribution is 1.96. The SMILES string of the molecule is CCN(CN(CC)[N+](=O)[O-])N([O-])O. The van der Waals surface area contributed by atoms with Gasteiger partial charge in [0, 0.05) is 6.54 Å². The fourth-order valence-electron chi connectivity index (χ4n) is 0.731. The van der Waals surface area contributed by atoms with Crippen molar-refractivity contribution in [3.63, 3.8) is 0 Å². The highest BCUT2D eigenvalue weighted by Gasteiger charge is 2.15. The summed E-state index contributed by atoms with van der Waals surface area (Å²) in [6, 6.07) is 0. The van der Waals surface area contributed by atoms with E-state index in [2.05, 4.69) is 0 Å². The summed E-state index contributed by atoms with van der Waals surface area (Å²) in [4.78, 5) is 10.3. The second kappa shape index (κ2) is 5.65. The maximum Gasteiger partial charge on any atom is 0.161 e. The molecule has 13 heavy (non-hydrogen) atoms. The molecule has 0 unspecified atom stereocenters. The fraction of sp³-hybridized carbons (Fsp3) is 1.00. The van der Waals surface area contributed by atoms with Crippen LogP contribution in [0.4, 0.5) is 0 Å². The molecule has 0 bridgehead atoms. The molecule has 78 valence electrons. The minimum atomic E-state index is -0.619. The predicted molar refractivity (Wildman–Crippen MR) is 43.6 cm³/mol. The van der Waals surface area contributed by atoms with Crippen molar-refractivity contribution >= 4 is 0 Å². The van der Waals surface area contributed by atoms with Gasteiger partial charge in [0.1, 0.15) is 6.67 Å². The molecule has 1 N–H and O–H groups in total. The van der Waals surface area contributed by atoms with E-state index in [1.165, 1.54) is 0 Å². The van der Waals surface area contributed by atoms with Gasteiger partial charge < -0.3 is 10.4 Å². The van der Waals surface area contributed by atoms with Gasteiger partial charge in [0.15, 0.2) is 5.03 Å². The fourth-order valence-corrected chi connectivity index (χ4v) is 0.731. The number of hydrazine groups is 2. The van der Waals surface area contributed by atoms with Crippen molar-refractivity contribution in [2.75, 3.05) is 19.8 Å². The molecular formula is C5H13N4O4-. The summed E-state index contributed by atoms with van der Waals surface area (Å²) in [7, 11) is 0. The molecule has 0 rings (SSSR count). The first-order chi connectivity index (χ1) is 6.02. The summed E-state index contributed by atoms with van der Waals surface area (Å²) in [5.41, 5.74) is 0. The monoisotopic (exact) mass is 193 g/mol. The number of hydrogen-bond acceptors (Lipinski definition) is 6. The van der Waals surface area contributed by atoms with E-state index in [1.807, 2.05) is 0 Å². The Hall–Kier alpha value is -0.960. The topological polar surface area (TPSA) is 96.2 Å². The first kappa shape index (κ1) is 12.0. The van der Waals surface area contributed by atoms with Crippen LogP contribution in [-0.2, 0) is 0 Å². The zero-order chi connectivity index (χ0) is 10.4. The second-order valence-electron chi connectivity index (χ2n) is 2.28. The van der Waals surface area contributed by atoms with E-state index < -0.39 is 10.4 Å². The Morgan fingerprint density at radius 2 is 1.92 bits per heavy atom. The van der Waals surface area contributed by atoms with Gasteiger partial charge in [-0.15, -0.1) is 5.01 Å². The first-order valence-corrected chi connectivity index (χ1v) is 3.83. The van der Waals surface area contributed by atoms with Crippen molar-refractivity contribution in [3.05, 3.63) is 15.3 Å². The van der Waals surface area contributed by atoms with Crippen molar-refractivity contribution in [1.29, 1.82) is 0 Å². The standard InChI is InChI=1S/C5H13N4O4/c1-3-6(8(10)11)5-7(4-2)9(12)13/h10H,3-5H2,1-2H3/q-1. The third kappa shape index (κ3) is 3.99. The predicted octanol–water partition coefficient (Wildman–Crippen LogP) is -0.117. The van der Waals surface area contributed by atoms with Crippen LogP contribution < -0.4 is 0 Å². The number of hydrogen-bond donors (Lipinski definition) is 1. The van der Waals surface area contributed by atoms with Gasteiger partial charge in [0.05, 0.1) is 6.54 Å². The lowest BCUT2D eigenvalue weighted by Gasteiger charge is -2.33. The average molecular weight is 193 g/mol. The molecule has 0 aromatic heterocycles. The van der Waals surface area contributed by atoms with Crippen LogP contribution in [0.25, 0.3) is 0 Å². The van der Waals surface area contributed by atoms with Crippen LogP contribution in [0.2, 0.25) is 0 Å².